The van der Waals surface area contributed by atoms with Crippen LogP contribution in [0.5, 0.6) is 5.75 Å². The van der Waals surface area contributed by atoms with Gasteiger partial charge < -0.3 is 29.7 Å². The molecule has 0 bridgehead atoms. The Morgan fingerprint density at radius 1 is 1.02 bits per heavy atom. The highest BCUT2D eigenvalue weighted by Crippen LogP contribution is 2.45. The minimum atomic E-state index is -0.541. The summed E-state index contributed by atoms with van der Waals surface area (Å²) < 4.78 is 8.04. The van der Waals surface area contributed by atoms with Gasteiger partial charge in [0.1, 0.15) is 5.75 Å². The number of thiocarbonyl (C=S) groups is 1. The zero-order chi connectivity index (χ0) is 31.1. The van der Waals surface area contributed by atoms with Gasteiger partial charge in [0.15, 0.2) is 5.11 Å². The molecule has 0 saturated carbocycles. The number of hydrogen-bond acceptors (Lipinski definition) is 5. The molecule has 3 heterocycles. The smallest absolute Gasteiger partial charge is 0.229 e. The van der Waals surface area contributed by atoms with Gasteiger partial charge in [-0.3, -0.25) is 9.78 Å². The van der Waals surface area contributed by atoms with E-state index in [9.17, 15) is 4.79 Å². The number of nitrogens with one attached hydrogen (secondary N) is 2. The van der Waals surface area contributed by atoms with Crippen molar-refractivity contribution in [3.63, 3.8) is 0 Å². The molecule has 8 nitrogen and oxygen atoms in total. The quantitative estimate of drug-likeness (QED) is 0.229. The van der Waals surface area contributed by atoms with Gasteiger partial charge in [-0.2, -0.15) is 0 Å². The first kappa shape index (κ1) is 30.1. The Kier molecular flexibility index (Phi) is 8.21. The number of ether oxygens (including phenoxy) is 1. The summed E-state index contributed by atoms with van der Waals surface area (Å²) in [6, 6.07) is 22.2. The maximum Gasteiger partial charge on any atom is 0.229 e. The van der Waals surface area contributed by atoms with Crippen LogP contribution in [0.2, 0.25) is 0 Å². The summed E-state index contributed by atoms with van der Waals surface area (Å²) in [5.41, 5.74) is 7.46. The Balaban J connectivity index is 1.61. The van der Waals surface area contributed by atoms with Crippen molar-refractivity contribution in [3.8, 4) is 11.4 Å². The van der Waals surface area contributed by atoms with E-state index in [0.29, 0.717) is 16.5 Å². The molecule has 5 rings (SSSR count). The summed E-state index contributed by atoms with van der Waals surface area (Å²) >= 11 is 5.99. The van der Waals surface area contributed by atoms with E-state index in [1.807, 2.05) is 77.5 Å². The fraction of sp³-hybridized carbons (Fsp3) is 0.324. The van der Waals surface area contributed by atoms with Gasteiger partial charge in [-0.05, 0) is 86.2 Å². The molecule has 2 atom stereocenters. The van der Waals surface area contributed by atoms with Crippen molar-refractivity contribution in [3.05, 3.63) is 95.6 Å². The molecule has 4 aromatic rings. The number of carbonyl (C=O) groups excluding carboxylic acids is 1. The van der Waals surface area contributed by atoms with Gasteiger partial charge in [-0.15, -0.1) is 0 Å². The number of carbonyl (C=O) groups is 1. The predicted molar refractivity (Wildman–Crippen MR) is 179 cm³/mol. The molecule has 1 amide bonds. The maximum atomic E-state index is 12.8. The molecule has 2 aromatic heterocycles. The van der Waals surface area contributed by atoms with Crippen LogP contribution in [0, 0.1) is 19.3 Å². The van der Waals surface area contributed by atoms with E-state index in [-0.39, 0.29) is 18.0 Å². The number of anilines is 3. The molecule has 2 N–H and O–H groups in total. The topological polar surface area (TPSA) is 74.7 Å². The fourth-order valence-corrected chi connectivity index (χ4v) is 5.92. The standard InChI is InChI=1S/C34H40N6O2S/c1-21-19-26(22(2)39(21)24-14-12-23(13-15-24)38(6)7)31-30(28-11-9-10-18-35-28)37-33(43)40(31)25-16-17-27(29(20-25)42-8)36-32(41)34(3,4)5/h9-20,30-31H,1-8H3,(H,36,41)(H,37,43)/t30-,31-/m0/s1. The zero-order valence-corrected chi connectivity index (χ0v) is 26.9. The van der Waals surface area contributed by atoms with Crippen molar-refractivity contribution in [2.24, 2.45) is 5.41 Å². The molecule has 2 aromatic carbocycles. The summed E-state index contributed by atoms with van der Waals surface area (Å²) in [6.07, 6.45) is 1.81. The second kappa shape index (κ2) is 11.7. The average molecular weight is 597 g/mol. The molecule has 9 heteroatoms. The normalized spacial score (nSPS) is 16.7. The van der Waals surface area contributed by atoms with E-state index in [0.717, 1.165) is 39.7 Å². The van der Waals surface area contributed by atoms with Crippen molar-refractivity contribution in [1.82, 2.24) is 14.9 Å². The second-order valence-corrected chi connectivity index (χ2v) is 12.5. The lowest BCUT2D eigenvalue weighted by Gasteiger charge is -2.29. The molecule has 0 radical (unpaired) electrons. The van der Waals surface area contributed by atoms with Crippen molar-refractivity contribution in [2.45, 2.75) is 46.7 Å². The van der Waals surface area contributed by atoms with Crippen molar-refractivity contribution in [2.75, 3.05) is 36.3 Å². The summed E-state index contributed by atoms with van der Waals surface area (Å²) in [5, 5.41) is 7.16. The van der Waals surface area contributed by atoms with E-state index in [4.69, 9.17) is 21.9 Å². The molecule has 224 valence electrons. The Morgan fingerprint density at radius 3 is 2.33 bits per heavy atom. The Labute approximate surface area is 259 Å². The van der Waals surface area contributed by atoms with Gasteiger partial charge in [-0.1, -0.05) is 26.8 Å². The molecular weight excluding hydrogens is 556 g/mol. The van der Waals surface area contributed by atoms with Crippen LogP contribution in [0.4, 0.5) is 17.1 Å². The molecule has 1 aliphatic heterocycles. The third-order valence-corrected chi connectivity index (χ3v) is 8.22. The van der Waals surface area contributed by atoms with Gasteiger partial charge in [0.2, 0.25) is 5.91 Å². The lowest BCUT2D eigenvalue weighted by molar-refractivity contribution is -0.123. The van der Waals surface area contributed by atoms with Gasteiger partial charge in [0, 0.05) is 60.2 Å². The van der Waals surface area contributed by atoms with Crippen molar-refractivity contribution < 1.29 is 9.53 Å². The summed E-state index contributed by atoms with van der Waals surface area (Å²) in [6.45, 7) is 9.93. The summed E-state index contributed by atoms with van der Waals surface area (Å²) in [7, 11) is 5.69. The number of rotatable bonds is 7. The van der Waals surface area contributed by atoms with Gasteiger partial charge in [-0.25, -0.2) is 0 Å². The molecule has 0 spiro atoms. The number of aryl methyl sites for hydroxylation is 1. The average Bonchev–Trinajstić information content (AvgIpc) is 3.47. The number of benzene rings is 2. The minimum absolute atomic E-state index is 0.0870. The first-order valence-electron chi connectivity index (χ1n) is 14.4. The largest absolute Gasteiger partial charge is 0.494 e. The fourth-order valence-electron chi connectivity index (χ4n) is 5.58. The molecule has 0 aliphatic carbocycles. The maximum absolute atomic E-state index is 12.8. The summed E-state index contributed by atoms with van der Waals surface area (Å²) in [5.74, 6) is 0.473. The monoisotopic (exact) mass is 596 g/mol. The first-order chi connectivity index (χ1) is 20.4. The molecule has 0 unspecified atom stereocenters. The third kappa shape index (κ3) is 5.82. The molecule has 43 heavy (non-hydrogen) atoms. The van der Waals surface area contributed by atoms with E-state index >= 15 is 0 Å². The van der Waals surface area contributed by atoms with E-state index in [2.05, 4.69) is 69.2 Å². The highest BCUT2D eigenvalue weighted by molar-refractivity contribution is 7.80. The van der Waals surface area contributed by atoms with E-state index in [1.165, 1.54) is 0 Å². The van der Waals surface area contributed by atoms with Crippen LogP contribution in [0.3, 0.4) is 0 Å². The number of hydrogen-bond donors (Lipinski definition) is 2. The first-order valence-corrected chi connectivity index (χ1v) is 14.8. The zero-order valence-electron chi connectivity index (χ0n) is 26.1. The van der Waals surface area contributed by atoms with Crippen LogP contribution in [0.15, 0.2) is 72.9 Å². The van der Waals surface area contributed by atoms with Crippen molar-refractivity contribution in [1.29, 1.82) is 0 Å². The number of pyridine rings is 1. The van der Waals surface area contributed by atoms with Crippen molar-refractivity contribution >= 4 is 40.3 Å². The number of nitrogens with zero attached hydrogens (tertiary/aromatic N) is 4. The molecule has 1 aliphatic rings. The van der Waals surface area contributed by atoms with Gasteiger partial charge in [0.05, 0.1) is 30.6 Å². The minimum Gasteiger partial charge on any atom is -0.494 e. The van der Waals surface area contributed by atoms with Crippen LogP contribution in [-0.4, -0.2) is 41.8 Å². The summed E-state index contributed by atoms with van der Waals surface area (Å²) in [4.78, 5) is 21.7. The number of amides is 1. The van der Waals surface area contributed by atoms with Crippen LogP contribution < -0.4 is 25.2 Å². The van der Waals surface area contributed by atoms with Crippen LogP contribution >= 0.6 is 12.2 Å². The predicted octanol–water partition coefficient (Wildman–Crippen LogP) is 6.73. The van der Waals surface area contributed by atoms with Crippen LogP contribution in [-0.2, 0) is 4.79 Å². The Hall–Kier alpha value is -4.37. The highest BCUT2D eigenvalue weighted by Gasteiger charge is 2.42. The lowest BCUT2D eigenvalue weighted by Crippen LogP contribution is -2.30. The van der Waals surface area contributed by atoms with Gasteiger partial charge >= 0.3 is 0 Å². The number of methoxy groups -OCH3 is 1. The van der Waals surface area contributed by atoms with E-state index < -0.39 is 5.41 Å². The van der Waals surface area contributed by atoms with Crippen LogP contribution in [0.25, 0.3) is 5.69 Å². The highest BCUT2D eigenvalue weighted by atomic mass is 32.1. The van der Waals surface area contributed by atoms with Crippen LogP contribution in [0.1, 0.15) is 55.5 Å². The van der Waals surface area contributed by atoms with Gasteiger partial charge in [0.25, 0.3) is 0 Å². The second-order valence-electron chi connectivity index (χ2n) is 12.2. The lowest BCUT2D eigenvalue weighted by atomic mass is 9.95. The molecule has 1 saturated heterocycles. The SMILES string of the molecule is COc1cc(N2C(=S)N[C@@H](c3ccccn3)[C@@H]2c2cc(C)n(-c3ccc(N(C)C)cc3)c2C)ccc1NC(=O)C(C)(C)C. The Morgan fingerprint density at radius 2 is 1.72 bits per heavy atom. The van der Waals surface area contributed by atoms with E-state index in [1.54, 1.807) is 7.11 Å². The third-order valence-electron chi connectivity index (χ3n) is 7.90. The Bertz CT molecular complexity index is 1640. The molecular formula is C34H40N6O2S. The number of aromatic nitrogens is 2. The molecule has 1 fully saturated rings.